The van der Waals surface area contributed by atoms with E-state index in [0.29, 0.717) is 71.6 Å². The van der Waals surface area contributed by atoms with Crippen molar-refractivity contribution in [3.05, 3.63) is 87.0 Å². The molecule has 2 aliphatic carbocycles. The van der Waals surface area contributed by atoms with Crippen LogP contribution in [-0.2, 0) is 21.0 Å². The third-order valence-electron chi connectivity index (χ3n) is 7.27. The van der Waals surface area contributed by atoms with Gasteiger partial charge in [0.2, 0.25) is 0 Å². The van der Waals surface area contributed by atoms with Gasteiger partial charge in [-0.1, -0.05) is 35.9 Å². The SMILES string of the molecule is O=C(O)CCN1C2=C(C(=O)CCC2)C(c2ccc(OCc3ccccc3F)c(Cl)c2)C2=C1CCCC2=O. The molecule has 0 atom stereocenters. The number of carbonyl (C=O) groups excluding carboxylic acids is 2. The molecule has 8 heteroatoms. The van der Waals surface area contributed by atoms with Crippen LogP contribution in [0.5, 0.6) is 5.75 Å². The first-order valence-corrected chi connectivity index (χ1v) is 12.9. The number of rotatable bonds is 7. The second kappa shape index (κ2) is 10.5. The lowest BCUT2D eigenvalue weighted by atomic mass is 9.71. The molecular weight excluding hydrogens is 497 g/mol. The quantitative estimate of drug-likeness (QED) is 0.483. The highest BCUT2D eigenvalue weighted by Gasteiger charge is 2.43. The lowest BCUT2D eigenvalue weighted by Crippen LogP contribution is -2.39. The molecule has 0 bridgehead atoms. The number of Topliss-reactive ketones (excluding diaryl/α,β-unsaturated/α-hetero) is 2. The van der Waals surface area contributed by atoms with Gasteiger partial charge in [-0.25, -0.2) is 4.39 Å². The number of carboxylic acids is 1. The monoisotopic (exact) mass is 523 g/mol. The van der Waals surface area contributed by atoms with E-state index < -0.39 is 11.9 Å². The predicted molar refractivity (Wildman–Crippen MR) is 136 cm³/mol. The topological polar surface area (TPSA) is 83.9 Å². The summed E-state index contributed by atoms with van der Waals surface area (Å²) < 4.78 is 19.8. The summed E-state index contributed by atoms with van der Waals surface area (Å²) in [6, 6.07) is 11.6. The Kier molecular flexibility index (Phi) is 7.15. The Morgan fingerprint density at radius 1 is 1.00 bits per heavy atom. The number of carbonyl (C=O) groups is 3. The average molecular weight is 524 g/mol. The first kappa shape index (κ1) is 25.2. The molecule has 2 aromatic carbocycles. The molecular formula is C29H27ClFNO5. The van der Waals surface area contributed by atoms with Gasteiger partial charge in [0.1, 0.15) is 18.2 Å². The van der Waals surface area contributed by atoms with Crippen molar-refractivity contribution in [3.63, 3.8) is 0 Å². The Morgan fingerprint density at radius 2 is 1.65 bits per heavy atom. The lowest BCUT2D eigenvalue weighted by Gasteiger charge is -2.44. The van der Waals surface area contributed by atoms with E-state index >= 15 is 0 Å². The number of carboxylic acid groups (broad SMARTS) is 1. The molecule has 0 saturated heterocycles. The zero-order valence-corrected chi connectivity index (χ0v) is 21.0. The molecule has 0 saturated carbocycles. The van der Waals surface area contributed by atoms with Crippen molar-refractivity contribution >= 4 is 29.1 Å². The van der Waals surface area contributed by atoms with Crippen molar-refractivity contribution in [1.29, 1.82) is 0 Å². The van der Waals surface area contributed by atoms with Crippen molar-refractivity contribution in [1.82, 2.24) is 4.90 Å². The summed E-state index contributed by atoms with van der Waals surface area (Å²) in [5.74, 6) is -1.50. The number of ether oxygens (including phenoxy) is 1. The Morgan fingerprint density at radius 3 is 2.24 bits per heavy atom. The smallest absolute Gasteiger partial charge is 0.305 e. The van der Waals surface area contributed by atoms with Gasteiger partial charge in [-0.3, -0.25) is 14.4 Å². The average Bonchev–Trinajstić information content (AvgIpc) is 2.87. The van der Waals surface area contributed by atoms with Gasteiger partial charge in [-0.2, -0.15) is 0 Å². The molecule has 1 N–H and O–H groups in total. The summed E-state index contributed by atoms with van der Waals surface area (Å²) in [6.07, 6.45) is 3.37. The highest BCUT2D eigenvalue weighted by molar-refractivity contribution is 6.32. The fourth-order valence-corrected chi connectivity index (χ4v) is 5.86. The first-order chi connectivity index (χ1) is 17.8. The highest BCUT2D eigenvalue weighted by Crippen LogP contribution is 2.49. The van der Waals surface area contributed by atoms with Crippen LogP contribution in [0.15, 0.2) is 65.0 Å². The van der Waals surface area contributed by atoms with E-state index in [4.69, 9.17) is 16.3 Å². The maximum Gasteiger partial charge on any atom is 0.305 e. The minimum absolute atomic E-state index is 0.00921. The predicted octanol–water partition coefficient (Wildman–Crippen LogP) is 5.95. The fraction of sp³-hybridized carbons (Fsp3) is 0.345. The van der Waals surface area contributed by atoms with Crippen LogP contribution in [0.1, 0.15) is 62.0 Å². The van der Waals surface area contributed by atoms with Gasteiger partial charge < -0.3 is 14.7 Å². The van der Waals surface area contributed by atoms with Gasteiger partial charge in [0.25, 0.3) is 0 Å². The molecule has 0 amide bonds. The molecule has 0 unspecified atom stereocenters. The maximum absolute atomic E-state index is 14.0. The number of allylic oxidation sites excluding steroid dienone is 4. The van der Waals surface area contributed by atoms with Crippen LogP contribution in [0.4, 0.5) is 4.39 Å². The van der Waals surface area contributed by atoms with Crippen molar-refractivity contribution in [2.75, 3.05) is 6.54 Å². The van der Waals surface area contributed by atoms with E-state index in [1.165, 1.54) is 6.07 Å². The third kappa shape index (κ3) is 4.92. The van der Waals surface area contributed by atoms with E-state index in [1.54, 1.807) is 36.4 Å². The van der Waals surface area contributed by atoms with Gasteiger partial charge in [0.05, 0.1) is 11.4 Å². The number of hydrogen-bond acceptors (Lipinski definition) is 5. The summed E-state index contributed by atoms with van der Waals surface area (Å²) in [5, 5.41) is 9.62. The minimum atomic E-state index is -0.923. The van der Waals surface area contributed by atoms with Gasteiger partial charge >= 0.3 is 5.97 Å². The van der Waals surface area contributed by atoms with Crippen LogP contribution in [0.3, 0.4) is 0 Å². The van der Waals surface area contributed by atoms with Crippen molar-refractivity contribution < 1.29 is 28.6 Å². The molecule has 37 heavy (non-hydrogen) atoms. The van der Waals surface area contributed by atoms with Gasteiger partial charge in [0, 0.05) is 53.4 Å². The Balaban J connectivity index is 1.53. The van der Waals surface area contributed by atoms with Gasteiger partial charge in [-0.15, -0.1) is 0 Å². The number of ketones is 2. The number of hydrogen-bond donors (Lipinski definition) is 1. The summed E-state index contributed by atoms with van der Waals surface area (Å²) in [5.41, 5.74) is 3.91. The molecule has 2 aromatic rings. The third-order valence-corrected chi connectivity index (χ3v) is 7.56. The lowest BCUT2D eigenvalue weighted by molar-refractivity contribution is -0.137. The van der Waals surface area contributed by atoms with Crippen LogP contribution in [0.25, 0.3) is 0 Å². The molecule has 3 aliphatic rings. The second-order valence-electron chi connectivity index (χ2n) is 9.57. The van der Waals surface area contributed by atoms with Gasteiger partial charge in [-0.05, 0) is 49.4 Å². The van der Waals surface area contributed by atoms with Crippen LogP contribution in [0.2, 0.25) is 5.02 Å². The standard InChI is InChI=1S/C29H27ClFNO5/c30-19-15-17(11-12-25(19)37-16-18-5-1-2-6-20(18)31)27-28-21(7-3-9-23(28)33)32(14-13-26(35)36)22-8-4-10-24(34)29(22)27/h1-2,5-6,11-12,15,27H,3-4,7-10,13-14,16H2,(H,35,36). The van der Waals surface area contributed by atoms with Gasteiger partial charge in [0.15, 0.2) is 11.6 Å². The fourth-order valence-electron chi connectivity index (χ4n) is 5.61. The van der Waals surface area contributed by atoms with Crippen molar-refractivity contribution in [2.45, 2.75) is 57.5 Å². The van der Waals surface area contributed by atoms with E-state index in [-0.39, 0.29) is 37.0 Å². The van der Waals surface area contributed by atoms with Crippen LogP contribution in [-0.4, -0.2) is 34.1 Å². The molecule has 0 aromatic heterocycles. The molecule has 0 fully saturated rings. The molecule has 192 valence electrons. The zero-order chi connectivity index (χ0) is 26.1. The molecule has 1 heterocycles. The zero-order valence-electron chi connectivity index (χ0n) is 20.3. The molecule has 0 radical (unpaired) electrons. The summed E-state index contributed by atoms with van der Waals surface area (Å²) in [4.78, 5) is 39.9. The highest BCUT2D eigenvalue weighted by atomic mass is 35.5. The van der Waals surface area contributed by atoms with Crippen LogP contribution in [0, 0.1) is 5.82 Å². The van der Waals surface area contributed by atoms with E-state index in [2.05, 4.69) is 0 Å². The summed E-state index contributed by atoms with van der Waals surface area (Å²) in [7, 11) is 0. The summed E-state index contributed by atoms with van der Waals surface area (Å²) >= 11 is 6.59. The van der Waals surface area contributed by atoms with Crippen molar-refractivity contribution in [2.24, 2.45) is 0 Å². The maximum atomic E-state index is 14.0. The van der Waals surface area contributed by atoms with Crippen LogP contribution < -0.4 is 4.74 Å². The molecule has 1 aliphatic heterocycles. The first-order valence-electron chi connectivity index (χ1n) is 12.5. The normalized spacial score (nSPS) is 18.2. The van der Waals surface area contributed by atoms with E-state index in [1.807, 2.05) is 4.90 Å². The number of halogens is 2. The number of benzene rings is 2. The second-order valence-corrected chi connectivity index (χ2v) is 9.98. The van der Waals surface area contributed by atoms with E-state index in [9.17, 15) is 23.9 Å². The summed E-state index contributed by atoms with van der Waals surface area (Å²) in [6.45, 7) is 0.235. The Bertz CT molecular complexity index is 1300. The largest absolute Gasteiger partial charge is 0.487 e. The Hall–Kier alpha value is -3.45. The minimum Gasteiger partial charge on any atom is -0.487 e. The van der Waals surface area contributed by atoms with E-state index in [0.717, 1.165) is 11.4 Å². The number of aliphatic carboxylic acids is 1. The molecule has 0 spiro atoms. The number of nitrogens with zero attached hydrogens (tertiary/aromatic N) is 1. The molecule has 5 rings (SSSR count). The molecule has 6 nitrogen and oxygen atoms in total. The van der Waals surface area contributed by atoms with Crippen molar-refractivity contribution in [3.8, 4) is 5.75 Å². The van der Waals surface area contributed by atoms with Crippen LogP contribution >= 0.6 is 11.6 Å². The Labute approximate surface area is 219 Å².